The number of benzene rings is 1. The van der Waals surface area contributed by atoms with Crippen LogP contribution in [0.25, 0.3) is 11.0 Å². The third-order valence-electron chi connectivity index (χ3n) is 3.94. The molecule has 0 saturated heterocycles. The van der Waals surface area contributed by atoms with Gasteiger partial charge in [0.15, 0.2) is 0 Å². The lowest BCUT2D eigenvalue weighted by Gasteiger charge is -2.23. The molecule has 1 N–H and O–H groups in total. The quantitative estimate of drug-likeness (QED) is 0.805. The van der Waals surface area contributed by atoms with E-state index in [4.69, 9.17) is 0 Å². The number of hydrogen-bond acceptors (Lipinski definition) is 3. The Balaban J connectivity index is 2.14. The smallest absolute Gasteiger partial charge is 0.270 e. The van der Waals surface area contributed by atoms with Crippen LogP contribution in [0.3, 0.4) is 0 Å². The van der Waals surface area contributed by atoms with E-state index in [-0.39, 0.29) is 11.6 Å². The Kier molecular flexibility index (Phi) is 3.79. The van der Waals surface area contributed by atoms with E-state index in [1.807, 2.05) is 25.5 Å². The molecule has 0 saturated carbocycles. The van der Waals surface area contributed by atoms with Crippen LogP contribution in [0.1, 0.15) is 38.1 Å². The molecule has 2 aromatic heterocycles. The monoisotopic (exact) mass is 296 g/mol. The van der Waals surface area contributed by atoms with Crippen LogP contribution in [0.5, 0.6) is 0 Å². The lowest BCUT2D eigenvalue weighted by molar-refractivity contribution is 0.437. The van der Waals surface area contributed by atoms with Crippen molar-refractivity contribution in [3.8, 4) is 0 Å². The molecule has 0 bridgehead atoms. The zero-order valence-corrected chi connectivity index (χ0v) is 13.1. The Morgan fingerprint density at radius 1 is 1.32 bits per heavy atom. The molecule has 1 aromatic carbocycles. The van der Waals surface area contributed by atoms with Gasteiger partial charge in [0.25, 0.3) is 5.56 Å². The van der Waals surface area contributed by atoms with Crippen LogP contribution in [0.4, 0.5) is 0 Å². The Bertz CT molecular complexity index is 833. The summed E-state index contributed by atoms with van der Waals surface area (Å²) in [5.41, 5.74) is 3.26. The molecule has 1 unspecified atom stereocenters. The van der Waals surface area contributed by atoms with E-state index < -0.39 is 0 Å². The molecule has 0 aliphatic carbocycles. The predicted molar refractivity (Wildman–Crippen MR) is 86.9 cm³/mol. The molecule has 0 fully saturated rings. The lowest BCUT2D eigenvalue weighted by atomic mass is 9.95. The number of aromatic amines is 1. The van der Waals surface area contributed by atoms with Crippen molar-refractivity contribution in [3.63, 3.8) is 0 Å². The summed E-state index contributed by atoms with van der Waals surface area (Å²) in [6, 6.07) is 6.25. The van der Waals surface area contributed by atoms with Crippen molar-refractivity contribution in [2.45, 2.75) is 33.2 Å². The van der Waals surface area contributed by atoms with Gasteiger partial charge in [-0.05, 0) is 30.0 Å². The lowest BCUT2D eigenvalue weighted by Crippen LogP contribution is -2.17. The van der Waals surface area contributed by atoms with Gasteiger partial charge in [0, 0.05) is 12.4 Å². The summed E-state index contributed by atoms with van der Waals surface area (Å²) in [4.78, 5) is 23.4. The van der Waals surface area contributed by atoms with Gasteiger partial charge < -0.3 is 9.55 Å². The van der Waals surface area contributed by atoms with Crippen molar-refractivity contribution < 1.29 is 0 Å². The molecule has 0 aliphatic rings. The summed E-state index contributed by atoms with van der Waals surface area (Å²) >= 11 is 0. The molecule has 1 atom stereocenters. The molecule has 114 valence electrons. The Hall–Kier alpha value is -2.43. The summed E-state index contributed by atoms with van der Waals surface area (Å²) in [6.07, 6.45) is 6.24. The van der Waals surface area contributed by atoms with Crippen molar-refractivity contribution in [2.75, 3.05) is 0 Å². The average Bonchev–Trinajstić information content (AvgIpc) is 3.00. The van der Waals surface area contributed by atoms with Crippen molar-refractivity contribution >= 4 is 11.0 Å². The van der Waals surface area contributed by atoms with Gasteiger partial charge in [-0.15, -0.1) is 0 Å². The zero-order chi connectivity index (χ0) is 15.7. The Morgan fingerprint density at radius 2 is 2.14 bits per heavy atom. The fraction of sp³-hybridized carbons (Fsp3) is 0.353. The molecular weight excluding hydrogens is 276 g/mol. The SMILES string of the molecule is CCc1nc2cc(C(C(C)C)n3ccnc3)ccc2[nH]c1=O. The first-order valence-corrected chi connectivity index (χ1v) is 7.60. The maximum Gasteiger partial charge on any atom is 0.270 e. The summed E-state index contributed by atoms with van der Waals surface area (Å²) in [7, 11) is 0. The van der Waals surface area contributed by atoms with Crippen LogP contribution in [0.15, 0.2) is 41.7 Å². The molecule has 2 heterocycles. The number of rotatable bonds is 4. The van der Waals surface area contributed by atoms with Crippen LogP contribution >= 0.6 is 0 Å². The first kappa shape index (κ1) is 14.5. The summed E-state index contributed by atoms with van der Waals surface area (Å²) in [5, 5.41) is 0. The molecule has 3 aromatic rings. The van der Waals surface area contributed by atoms with Gasteiger partial charge in [0.2, 0.25) is 0 Å². The van der Waals surface area contributed by atoms with E-state index in [0.717, 1.165) is 11.0 Å². The molecule has 0 amide bonds. The Morgan fingerprint density at radius 3 is 2.77 bits per heavy atom. The minimum Gasteiger partial charge on any atom is -0.330 e. The van der Waals surface area contributed by atoms with Gasteiger partial charge in [-0.25, -0.2) is 9.97 Å². The van der Waals surface area contributed by atoms with E-state index >= 15 is 0 Å². The van der Waals surface area contributed by atoms with Gasteiger partial charge in [0.1, 0.15) is 5.69 Å². The molecule has 3 rings (SSSR count). The fourth-order valence-corrected chi connectivity index (χ4v) is 2.90. The van der Waals surface area contributed by atoms with Crippen molar-refractivity contribution in [2.24, 2.45) is 5.92 Å². The van der Waals surface area contributed by atoms with E-state index in [0.29, 0.717) is 18.0 Å². The second-order valence-electron chi connectivity index (χ2n) is 5.84. The maximum atomic E-state index is 11.8. The van der Waals surface area contributed by atoms with Crippen LogP contribution in [-0.2, 0) is 6.42 Å². The highest BCUT2D eigenvalue weighted by atomic mass is 16.1. The minimum atomic E-state index is -0.0993. The van der Waals surface area contributed by atoms with Crippen molar-refractivity contribution in [1.82, 2.24) is 19.5 Å². The first-order chi connectivity index (χ1) is 10.6. The van der Waals surface area contributed by atoms with Crippen molar-refractivity contribution in [3.05, 3.63) is 58.5 Å². The highest BCUT2D eigenvalue weighted by molar-refractivity contribution is 5.75. The zero-order valence-electron chi connectivity index (χ0n) is 13.1. The standard InChI is InChI=1S/C17H20N4O/c1-4-13-17(22)20-14-6-5-12(9-15(14)19-13)16(11(2)3)21-8-7-18-10-21/h5-11,16H,4H2,1-3H3,(H,20,22). The van der Waals surface area contributed by atoms with Gasteiger partial charge in [-0.1, -0.05) is 26.8 Å². The molecular formula is C17H20N4O. The van der Waals surface area contributed by atoms with E-state index in [1.54, 1.807) is 6.20 Å². The fourth-order valence-electron chi connectivity index (χ4n) is 2.90. The number of fused-ring (bicyclic) bond motifs is 1. The first-order valence-electron chi connectivity index (χ1n) is 7.60. The molecule has 0 radical (unpaired) electrons. The second-order valence-corrected chi connectivity index (χ2v) is 5.84. The molecule has 0 spiro atoms. The topological polar surface area (TPSA) is 63.6 Å². The summed E-state index contributed by atoms with van der Waals surface area (Å²) in [6.45, 7) is 6.31. The van der Waals surface area contributed by atoms with Crippen molar-refractivity contribution in [1.29, 1.82) is 0 Å². The second kappa shape index (κ2) is 5.75. The number of hydrogen-bond donors (Lipinski definition) is 1. The number of nitrogens with zero attached hydrogens (tertiary/aromatic N) is 3. The predicted octanol–water partition coefficient (Wildman–Crippen LogP) is 2.93. The van der Waals surface area contributed by atoms with E-state index in [9.17, 15) is 4.79 Å². The molecule has 0 aliphatic heterocycles. The van der Waals surface area contributed by atoms with Crippen LogP contribution in [-0.4, -0.2) is 19.5 Å². The normalized spacial score (nSPS) is 12.9. The minimum absolute atomic E-state index is 0.0993. The maximum absolute atomic E-state index is 11.8. The number of nitrogens with one attached hydrogen (secondary N) is 1. The summed E-state index contributed by atoms with van der Waals surface area (Å²) < 4.78 is 2.11. The summed E-state index contributed by atoms with van der Waals surface area (Å²) in [5.74, 6) is 0.417. The van der Waals surface area contributed by atoms with Gasteiger partial charge in [-0.2, -0.15) is 0 Å². The van der Waals surface area contributed by atoms with Crippen LogP contribution in [0, 0.1) is 5.92 Å². The largest absolute Gasteiger partial charge is 0.330 e. The number of aromatic nitrogens is 4. The van der Waals surface area contributed by atoms with Gasteiger partial charge in [-0.3, -0.25) is 4.79 Å². The number of imidazole rings is 1. The van der Waals surface area contributed by atoms with Crippen LogP contribution in [0.2, 0.25) is 0 Å². The van der Waals surface area contributed by atoms with Gasteiger partial charge >= 0.3 is 0 Å². The van der Waals surface area contributed by atoms with Gasteiger partial charge in [0.05, 0.1) is 23.4 Å². The van der Waals surface area contributed by atoms with E-state index in [1.165, 1.54) is 5.56 Å². The molecule has 5 heteroatoms. The van der Waals surface area contributed by atoms with E-state index in [2.05, 4.69) is 45.5 Å². The third-order valence-corrected chi connectivity index (χ3v) is 3.94. The highest BCUT2D eigenvalue weighted by Gasteiger charge is 2.18. The number of H-pyrrole nitrogens is 1. The molecule has 22 heavy (non-hydrogen) atoms. The number of aryl methyl sites for hydroxylation is 1. The Labute approximate surface area is 129 Å². The highest BCUT2D eigenvalue weighted by Crippen LogP contribution is 2.27. The third kappa shape index (κ3) is 2.54. The van der Waals surface area contributed by atoms with Crippen LogP contribution < -0.4 is 5.56 Å². The molecule has 5 nitrogen and oxygen atoms in total. The average molecular weight is 296 g/mol.